The SMILES string of the molecule is C/C(c1ccc(Cl)cc1)=[N+](/C)[O-]. The highest BCUT2D eigenvalue weighted by Crippen LogP contribution is 2.09. The van der Waals surface area contributed by atoms with E-state index in [9.17, 15) is 5.21 Å². The molecule has 0 bridgehead atoms. The fraction of sp³-hybridized carbons (Fsp3) is 0.222. The molecule has 1 aromatic carbocycles. The monoisotopic (exact) mass is 183 g/mol. The molecule has 0 heterocycles. The summed E-state index contributed by atoms with van der Waals surface area (Å²) >= 11 is 5.69. The van der Waals surface area contributed by atoms with Gasteiger partial charge in [-0.25, -0.2) is 4.74 Å². The van der Waals surface area contributed by atoms with Gasteiger partial charge in [0.25, 0.3) is 0 Å². The minimum absolute atomic E-state index is 0.681. The van der Waals surface area contributed by atoms with Gasteiger partial charge in [-0.15, -0.1) is 0 Å². The zero-order valence-electron chi connectivity index (χ0n) is 7.04. The molecule has 0 radical (unpaired) electrons. The Kier molecular flexibility index (Phi) is 2.71. The summed E-state index contributed by atoms with van der Waals surface area (Å²) in [5.41, 5.74) is 1.59. The van der Waals surface area contributed by atoms with Gasteiger partial charge >= 0.3 is 0 Å². The third kappa shape index (κ3) is 1.98. The molecule has 0 saturated carbocycles. The first-order valence-electron chi connectivity index (χ1n) is 3.61. The van der Waals surface area contributed by atoms with Gasteiger partial charge < -0.3 is 5.21 Å². The molecule has 0 unspecified atom stereocenters. The third-order valence-corrected chi connectivity index (χ3v) is 1.99. The Labute approximate surface area is 76.7 Å². The molecule has 64 valence electrons. The number of halogens is 1. The summed E-state index contributed by atoms with van der Waals surface area (Å²) < 4.78 is 0.837. The first-order valence-corrected chi connectivity index (χ1v) is 3.99. The van der Waals surface area contributed by atoms with Crippen LogP contribution in [0.1, 0.15) is 12.5 Å². The average Bonchev–Trinajstić information content (AvgIpc) is 2.04. The molecule has 1 rings (SSSR count). The van der Waals surface area contributed by atoms with E-state index in [-0.39, 0.29) is 0 Å². The van der Waals surface area contributed by atoms with Gasteiger partial charge in [0, 0.05) is 17.5 Å². The van der Waals surface area contributed by atoms with Gasteiger partial charge in [-0.2, -0.15) is 0 Å². The molecule has 0 amide bonds. The minimum Gasteiger partial charge on any atom is -0.624 e. The maximum absolute atomic E-state index is 10.9. The van der Waals surface area contributed by atoms with E-state index in [0.29, 0.717) is 10.7 Å². The number of rotatable bonds is 1. The van der Waals surface area contributed by atoms with Crippen molar-refractivity contribution in [1.29, 1.82) is 0 Å². The smallest absolute Gasteiger partial charge is 0.191 e. The molecule has 0 saturated heterocycles. The fourth-order valence-corrected chi connectivity index (χ4v) is 0.999. The van der Waals surface area contributed by atoms with Crippen molar-refractivity contribution in [3.8, 4) is 0 Å². The van der Waals surface area contributed by atoms with Crippen molar-refractivity contribution in [1.82, 2.24) is 0 Å². The molecule has 0 aliphatic carbocycles. The molecule has 0 aliphatic heterocycles. The highest BCUT2D eigenvalue weighted by Gasteiger charge is 2.02. The van der Waals surface area contributed by atoms with Crippen LogP contribution in [0.2, 0.25) is 5.02 Å². The Hall–Kier alpha value is -1.02. The van der Waals surface area contributed by atoms with E-state index >= 15 is 0 Å². The van der Waals surface area contributed by atoms with E-state index in [2.05, 4.69) is 0 Å². The van der Waals surface area contributed by atoms with Crippen molar-refractivity contribution >= 4 is 17.3 Å². The molecule has 0 aliphatic rings. The van der Waals surface area contributed by atoms with Crippen LogP contribution >= 0.6 is 11.6 Å². The van der Waals surface area contributed by atoms with E-state index in [1.165, 1.54) is 7.05 Å². The lowest BCUT2D eigenvalue weighted by Gasteiger charge is -2.02. The van der Waals surface area contributed by atoms with E-state index in [4.69, 9.17) is 11.6 Å². The molecule has 12 heavy (non-hydrogen) atoms. The van der Waals surface area contributed by atoms with Crippen molar-refractivity contribution in [2.75, 3.05) is 7.05 Å². The first-order chi connectivity index (χ1) is 5.61. The number of hydroxylamine groups is 1. The van der Waals surface area contributed by atoms with Gasteiger partial charge in [0.15, 0.2) is 5.71 Å². The van der Waals surface area contributed by atoms with Crippen molar-refractivity contribution in [2.45, 2.75) is 6.92 Å². The summed E-state index contributed by atoms with van der Waals surface area (Å²) in [6.07, 6.45) is 0. The van der Waals surface area contributed by atoms with Crippen molar-refractivity contribution < 1.29 is 4.74 Å². The summed E-state index contributed by atoms with van der Waals surface area (Å²) in [6.45, 7) is 1.77. The molecule has 0 fully saturated rings. The van der Waals surface area contributed by atoms with Crippen molar-refractivity contribution in [3.63, 3.8) is 0 Å². The van der Waals surface area contributed by atoms with Crippen molar-refractivity contribution in [3.05, 3.63) is 40.1 Å². The minimum atomic E-state index is 0.681. The van der Waals surface area contributed by atoms with Crippen LogP contribution < -0.4 is 0 Å². The maximum Gasteiger partial charge on any atom is 0.191 e. The van der Waals surface area contributed by atoms with E-state index in [1.54, 1.807) is 19.1 Å². The maximum atomic E-state index is 10.9. The van der Waals surface area contributed by atoms with Gasteiger partial charge in [0.1, 0.15) is 7.05 Å². The Morgan fingerprint density at radius 2 is 1.83 bits per heavy atom. The lowest BCUT2D eigenvalue weighted by Crippen LogP contribution is -2.08. The van der Waals surface area contributed by atoms with E-state index in [0.717, 1.165) is 10.3 Å². The predicted molar refractivity (Wildman–Crippen MR) is 50.8 cm³/mol. The number of benzene rings is 1. The van der Waals surface area contributed by atoms with E-state index in [1.807, 2.05) is 12.1 Å². The first kappa shape index (κ1) is 9.07. The molecule has 0 atom stereocenters. The number of hydrogen-bond donors (Lipinski definition) is 0. The zero-order chi connectivity index (χ0) is 9.14. The van der Waals surface area contributed by atoms with Crippen LogP contribution in [0.5, 0.6) is 0 Å². The summed E-state index contributed by atoms with van der Waals surface area (Å²) in [5.74, 6) is 0. The third-order valence-electron chi connectivity index (χ3n) is 1.73. The summed E-state index contributed by atoms with van der Waals surface area (Å²) in [7, 11) is 1.48. The molecule has 3 heteroatoms. The average molecular weight is 184 g/mol. The van der Waals surface area contributed by atoms with E-state index < -0.39 is 0 Å². The van der Waals surface area contributed by atoms with Gasteiger partial charge in [-0.3, -0.25) is 0 Å². The second kappa shape index (κ2) is 3.59. The van der Waals surface area contributed by atoms with Gasteiger partial charge in [0.2, 0.25) is 0 Å². The van der Waals surface area contributed by atoms with Gasteiger partial charge in [-0.05, 0) is 24.3 Å². The Bertz CT molecular complexity index is 299. The summed E-state index contributed by atoms with van der Waals surface area (Å²) in [6, 6.07) is 7.19. The van der Waals surface area contributed by atoms with Crippen LogP contribution in [-0.4, -0.2) is 17.5 Å². The second-order valence-corrected chi connectivity index (χ2v) is 3.03. The lowest BCUT2D eigenvalue weighted by molar-refractivity contribution is -0.422. The topological polar surface area (TPSA) is 26.1 Å². The molecule has 0 aromatic heterocycles. The van der Waals surface area contributed by atoms with Crippen LogP contribution in [0.15, 0.2) is 24.3 Å². The van der Waals surface area contributed by atoms with Gasteiger partial charge in [-0.1, -0.05) is 11.6 Å². The standard InChI is InChI=1S/C9H10ClNO/c1-7(11(2)12)8-3-5-9(10)6-4-8/h3-6H,1-2H3/b11-7+. The highest BCUT2D eigenvalue weighted by atomic mass is 35.5. The highest BCUT2D eigenvalue weighted by molar-refractivity contribution is 6.30. The quantitative estimate of drug-likeness (QED) is 0.284. The normalized spacial score (nSPS) is 12.6. The molecule has 0 N–H and O–H groups in total. The molecular weight excluding hydrogens is 174 g/mol. The van der Waals surface area contributed by atoms with Crippen LogP contribution in [-0.2, 0) is 0 Å². The molecule has 0 spiro atoms. The summed E-state index contributed by atoms with van der Waals surface area (Å²) in [5, 5.41) is 11.6. The summed E-state index contributed by atoms with van der Waals surface area (Å²) in [4.78, 5) is 0. The van der Waals surface area contributed by atoms with Crippen LogP contribution in [0.3, 0.4) is 0 Å². The Balaban J connectivity index is 3.06. The molecular formula is C9H10ClNO. The molecule has 2 nitrogen and oxygen atoms in total. The molecule has 1 aromatic rings. The number of hydrogen-bond acceptors (Lipinski definition) is 1. The lowest BCUT2D eigenvalue weighted by atomic mass is 10.1. The second-order valence-electron chi connectivity index (χ2n) is 2.59. The van der Waals surface area contributed by atoms with Crippen molar-refractivity contribution in [2.24, 2.45) is 0 Å². The van der Waals surface area contributed by atoms with Crippen LogP contribution in [0.4, 0.5) is 0 Å². The number of nitrogens with zero attached hydrogens (tertiary/aromatic N) is 1. The Morgan fingerprint density at radius 3 is 2.25 bits per heavy atom. The Morgan fingerprint density at radius 1 is 1.33 bits per heavy atom. The van der Waals surface area contributed by atoms with Crippen LogP contribution in [0, 0.1) is 5.21 Å². The zero-order valence-corrected chi connectivity index (χ0v) is 7.80. The fourth-order valence-electron chi connectivity index (χ4n) is 0.873. The largest absolute Gasteiger partial charge is 0.624 e. The predicted octanol–water partition coefficient (Wildman–Crippen LogP) is 2.29. The van der Waals surface area contributed by atoms with Gasteiger partial charge in [0.05, 0.1) is 0 Å². The van der Waals surface area contributed by atoms with Crippen LogP contribution in [0.25, 0.3) is 0 Å².